The molecule has 6 heteroatoms. The van der Waals surface area contributed by atoms with Gasteiger partial charge in [0.1, 0.15) is 0 Å². The molecule has 4 nitrogen and oxygen atoms in total. The monoisotopic (exact) mass is 380 g/mol. The Morgan fingerprint density at radius 2 is 2.06 bits per heavy atom. The molecular weight excluding hydrogens is 363 g/mol. The first kappa shape index (κ1) is 14.2. The highest BCUT2D eigenvalue weighted by molar-refractivity contribution is 14.1. The SMILES string of the molecule is O=S(=O)(NCC1CCCNC1)c1ccc(I)cc1. The number of sulfonamides is 1. The second-order valence-electron chi connectivity index (χ2n) is 4.52. The van der Waals surface area contributed by atoms with E-state index < -0.39 is 10.0 Å². The van der Waals surface area contributed by atoms with Gasteiger partial charge in [0.25, 0.3) is 0 Å². The Kier molecular flexibility index (Phi) is 4.99. The van der Waals surface area contributed by atoms with Crippen molar-refractivity contribution in [3.63, 3.8) is 0 Å². The van der Waals surface area contributed by atoms with Gasteiger partial charge in [-0.2, -0.15) is 0 Å². The van der Waals surface area contributed by atoms with E-state index in [1.165, 1.54) is 0 Å². The Hall–Kier alpha value is -0.180. The van der Waals surface area contributed by atoms with Gasteiger partial charge in [-0.15, -0.1) is 0 Å². The van der Waals surface area contributed by atoms with Gasteiger partial charge in [0.15, 0.2) is 0 Å². The van der Waals surface area contributed by atoms with Crippen LogP contribution in [0.5, 0.6) is 0 Å². The molecule has 1 saturated heterocycles. The fraction of sp³-hybridized carbons (Fsp3) is 0.500. The molecule has 0 aromatic heterocycles. The van der Waals surface area contributed by atoms with Crippen LogP contribution in [0.2, 0.25) is 0 Å². The van der Waals surface area contributed by atoms with Crippen molar-refractivity contribution < 1.29 is 8.42 Å². The van der Waals surface area contributed by atoms with E-state index in [1.807, 2.05) is 0 Å². The molecule has 1 fully saturated rings. The van der Waals surface area contributed by atoms with E-state index in [4.69, 9.17) is 0 Å². The summed E-state index contributed by atoms with van der Waals surface area (Å²) in [5.41, 5.74) is 0. The molecule has 1 atom stereocenters. The summed E-state index contributed by atoms with van der Waals surface area (Å²) >= 11 is 2.16. The topological polar surface area (TPSA) is 58.2 Å². The molecule has 0 aliphatic carbocycles. The van der Waals surface area contributed by atoms with Gasteiger partial charge < -0.3 is 5.32 Å². The fourth-order valence-electron chi connectivity index (χ4n) is 2.02. The normalized spacial score (nSPS) is 20.8. The van der Waals surface area contributed by atoms with Crippen molar-refractivity contribution in [2.75, 3.05) is 19.6 Å². The van der Waals surface area contributed by atoms with Gasteiger partial charge >= 0.3 is 0 Å². The predicted octanol–water partition coefficient (Wildman–Crippen LogP) is 1.57. The number of halogens is 1. The first-order valence-corrected chi connectivity index (χ1v) is 8.60. The highest BCUT2D eigenvalue weighted by Crippen LogP contribution is 2.13. The first-order chi connectivity index (χ1) is 8.58. The smallest absolute Gasteiger partial charge is 0.240 e. The zero-order chi connectivity index (χ0) is 13.0. The minimum atomic E-state index is -3.36. The summed E-state index contributed by atoms with van der Waals surface area (Å²) in [5.74, 6) is 0.400. The van der Waals surface area contributed by atoms with Crippen molar-refractivity contribution in [1.82, 2.24) is 10.0 Å². The summed E-state index contributed by atoms with van der Waals surface area (Å²) in [7, 11) is -3.36. The van der Waals surface area contributed by atoms with Gasteiger partial charge in [-0.1, -0.05) is 0 Å². The number of nitrogens with one attached hydrogen (secondary N) is 2. The molecule has 1 aromatic carbocycles. The van der Waals surface area contributed by atoms with Crippen LogP contribution in [0.25, 0.3) is 0 Å². The average molecular weight is 380 g/mol. The molecule has 0 bridgehead atoms. The minimum Gasteiger partial charge on any atom is -0.316 e. The van der Waals surface area contributed by atoms with Crippen LogP contribution >= 0.6 is 22.6 Å². The van der Waals surface area contributed by atoms with Gasteiger partial charge in [-0.05, 0) is 78.7 Å². The van der Waals surface area contributed by atoms with E-state index >= 15 is 0 Å². The zero-order valence-electron chi connectivity index (χ0n) is 10.0. The van der Waals surface area contributed by atoms with Crippen LogP contribution < -0.4 is 10.0 Å². The number of piperidine rings is 1. The Balaban J connectivity index is 1.96. The Bertz CT molecular complexity index is 481. The lowest BCUT2D eigenvalue weighted by Gasteiger charge is -2.22. The van der Waals surface area contributed by atoms with Crippen molar-refractivity contribution >= 4 is 32.6 Å². The third kappa shape index (κ3) is 3.91. The van der Waals surface area contributed by atoms with Gasteiger partial charge in [0.2, 0.25) is 10.0 Å². The maximum atomic E-state index is 12.1. The van der Waals surface area contributed by atoms with Crippen LogP contribution in [0.15, 0.2) is 29.2 Å². The van der Waals surface area contributed by atoms with Crippen LogP contribution in [0.3, 0.4) is 0 Å². The molecule has 2 N–H and O–H groups in total. The zero-order valence-corrected chi connectivity index (χ0v) is 13.0. The van der Waals surface area contributed by atoms with E-state index in [1.54, 1.807) is 24.3 Å². The quantitative estimate of drug-likeness (QED) is 0.780. The summed E-state index contributed by atoms with van der Waals surface area (Å²) in [4.78, 5) is 0.340. The van der Waals surface area contributed by atoms with E-state index in [0.717, 1.165) is 29.5 Å². The molecule has 0 radical (unpaired) electrons. The Labute approximate surface area is 122 Å². The molecule has 1 aromatic rings. The molecule has 1 aliphatic heterocycles. The minimum absolute atomic E-state index is 0.340. The van der Waals surface area contributed by atoms with Gasteiger partial charge in [0.05, 0.1) is 4.90 Å². The van der Waals surface area contributed by atoms with Crippen LogP contribution in [-0.4, -0.2) is 28.1 Å². The number of hydrogen-bond acceptors (Lipinski definition) is 3. The Morgan fingerprint density at radius 1 is 1.33 bits per heavy atom. The van der Waals surface area contributed by atoms with Crippen molar-refractivity contribution in [2.24, 2.45) is 5.92 Å². The van der Waals surface area contributed by atoms with E-state index in [2.05, 4.69) is 32.6 Å². The summed E-state index contributed by atoms with van der Waals surface area (Å²) in [6.07, 6.45) is 2.21. The number of hydrogen-bond donors (Lipinski definition) is 2. The first-order valence-electron chi connectivity index (χ1n) is 6.04. The molecule has 0 amide bonds. The van der Waals surface area contributed by atoms with E-state index in [9.17, 15) is 8.42 Å². The van der Waals surface area contributed by atoms with Crippen molar-refractivity contribution in [3.8, 4) is 0 Å². The molecule has 0 spiro atoms. The maximum Gasteiger partial charge on any atom is 0.240 e. The highest BCUT2D eigenvalue weighted by Gasteiger charge is 2.18. The molecular formula is C12H17IN2O2S. The van der Waals surface area contributed by atoms with Crippen LogP contribution in [0.4, 0.5) is 0 Å². The molecule has 100 valence electrons. The van der Waals surface area contributed by atoms with Crippen LogP contribution in [-0.2, 0) is 10.0 Å². The second kappa shape index (κ2) is 6.31. The summed E-state index contributed by atoms with van der Waals surface area (Å²) < 4.78 is 27.8. The van der Waals surface area contributed by atoms with Crippen LogP contribution in [0.1, 0.15) is 12.8 Å². The standard InChI is InChI=1S/C12H17IN2O2S/c13-11-3-5-12(6-4-11)18(16,17)15-9-10-2-1-7-14-8-10/h3-6,10,14-15H,1-2,7-9H2. The predicted molar refractivity (Wildman–Crippen MR) is 79.9 cm³/mol. The van der Waals surface area contributed by atoms with Crippen molar-refractivity contribution in [2.45, 2.75) is 17.7 Å². The molecule has 2 rings (SSSR count). The molecule has 1 unspecified atom stereocenters. The summed E-state index contributed by atoms with van der Waals surface area (Å²) in [6, 6.07) is 6.89. The third-order valence-corrected chi connectivity index (χ3v) is 5.24. The average Bonchev–Trinajstić information content (AvgIpc) is 2.38. The Morgan fingerprint density at radius 3 is 2.67 bits per heavy atom. The molecule has 0 saturated carbocycles. The maximum absolute atomic E-state index is 12.1. The summed E-state index contributed by atoms with van der Waals surface area (Å²) in [5, 5.41) is 3.28. The highest BCUT2D eigenvalue weighted by atomic mass is 127. The molecule has 1 aliphatic rings. The lowest BCUT2D eigenvalue weighted by Crippen LogP contribution is -2.38. The fourth-order valence-corrected chi connectivity index (χ4v) is 3.50. The molecule has 18 heavy (non-hydrogen) atoms. The van der Waals surface area contributed by atoms with Crippen molar-refractivity contribution in [3.05, 3.63) is 27.8 Å². The number of benzene rings is 1. The lowest BCUT2D eigenvalue weighted by molar-refractivity contribution is 0.376. The second-order valence-corrected chi connectivity index (χ2v) is 7.53. The third-order valence-electron chi connectivity index (χ3n) is 3.08. The van der Waals surface area contributed by atoms with E-state index in [-0.39, 0.29) is 0 Å². The van der Waals surface area contributed by atoms with Gasteiger partial charge in [0, 0.05) is 10.1 Å². The lowest BCUT2D eigenvalue weighted by atomic mass is 10.0. The number of rotatable bonds is 4. The largest absolute Gasteiger partial charge is 0.316 e. The summed E-state index contributed by atoms with van der Waals surface area (Å²) in [6.45, 7) is 2.46. The van der Waals surface area contributed by atoms with Crippen LogP contribution in [0, 0.1) is 9.49 Å². The van der Waals surface area contributed by atoms with Crippen molar-refractivity contribution in [1.29, 1.82) is 0 Å². The molecule has 1 heterocycles. The van der Waals surface area contributed by atoms with Gasteiger partial charge in [-0.25, -0.2) is 13.1 Å². The van der Waals surface area contributed by atoms with Gasteiger partial charge in [-0.3, -0.25) is 0 Å². The van der Waals surface area contributed by atoms with E-state index in [0.29, 0.717) is 17.4 Å².